The van der Waals surface area contributed by atoms with Crippen LogP contribution in [0.2, 0.25) is 0 Å². The zero-order chi connectivity index (χ0) is 9.14. The van der Waals surface area contributed by atoms with E-state index in [0.29, 0.717) is 9.09 Å². The van der Waals surface area contributed by atoms with Crippen LogP contribution in [0.4, 0.5) is 5.13 Å². The number of aromatic amines is 1. The predicted molar refractivity (Wildman–Crippen MR) is 50.8 cm³/mol. The van der Waals surface area contributed by atoms with Crippen molar-refractivity contribution < 1.29 is 4.79 Å². The van der Waals surface area contributed by atoms with Crippen LogP contribution in [-0.2, 0) is 4.79 Å². The van der Waals surface area contributed by atoms with Gasteiger partial charge in [0.1, 0.15) is 0 Å². The van der Waals surface area contributed by atoms with E-state index in [0.717, 1.165) is 0 Å². The van der Waals surface area contributed by atoms with Gasteiger partial charge in [0.05, 0.1) is 0 Å². The fourth-order valence-corrected chi connectivity index (χ4v) is 1.33. The van der Waals surface area contributed by atoms with Crippen LogP contribution < -0.4 is 5.32 Å². The molecule has 66 valence electrons. The molecule has 0 saturated carbocycles. The summed E-state index contributed by atoms with van der Waals surface area (Å²) in [7, 11) is 0. The molecule has 0 unspecified atom stereocenters. The summed E-state index contributed by atoms with van der Waals surface area (Å²) in [4.78, 5) is 11.1. The number of H-pyrrole nitrogens is 1. The van der Waals surface area contributed by atoms with E-state index in [1.807, 2.05) is 13.8 Å². The lowest BCUT2D eigenvalue weighted by Gasteiger charge is -2.02. The second kappa shape index (κ2) is 3.77. The predicted octanol–water partition coefficient (Wildman–Crippen LogP) is 1.80. The number of anilines is 1. The Labute approximate surface area is 79.0 Å². The van der Waals surface area contributed by atoms with Gasteiger partial charge in [0.15, 0.2) is 3.95 Å². The molecule has 0 bridgehead atoms. The molecular weight excluding hydrogens is 194 g/mol. The van der Waals surface area contributed by atoms with E-state index in [-0.39, 0.29) is 11.8 Å². The maximum absolute atomic E-state index is 11.1. The van der Waals surface area contributed by atoms with E-state index in [4.69, 9.17) is 12.2 Å². The van der Waals surface area contributed by atoms with Gasteiger partial charge in [-0.15, -0.1) is 5.10 Å². The Hall–Kier alpha value is -0.750. The van der Waals surface area contributed by atoms with Gasteiger partial charge in [0, 0.05) is 5.92 Å². The molecule has 0 aromatic carbocycles. The minimum atomic E-state index is -0.0484. The van der Waals surface area contributed by atoms with Crippen LogP contribution in [0.5, 0.6) is 0 Å². The summed E-state index contributed by atoms with van der Waals surface area (Å²) >= 11 is 6.05. The van der Waals surface area contributed by atoms with Crippen molar-refractivity contribution in [1.29, 1.82) is 0 Å². The lowest BCUT2D eigenvalue weighted by molar-refractivity contribution is -0.118. The molecule has 0 fully saturated rings. The molecule has 0 atom stereocenters. The van der Waals surface area contributed by atoms with E-state index in [1.54, 1.807) is 0 Å². The van der Waals surface area contributed by atoms with Gasteiger partial charge in [-0.2, -0.15) is 0 Å². The summed E-state index contributed by atoms with van der Waals surface area (Å²) in [5, 5.41) is 9.54. The summed E-state index contributed by atoms with van der Waals surface area (Å²) < 4.78 is 0.564. The molecule has 12 heavy (non-hydrogen) atoms. The number of nitrogens with zero attached hydrogens (tertiary/aromatic N) is 1. The molecule has 4 nitrogen and oxygen atoms in total. The quantitative estimate of drug-likeness (QED) is 0.720. The standard InChI is InChI=1S/C6H9N3OS2/c1-3(2)4(10)7-5-8-9-6(11)12-5/h3H,1-2H3,(H,9,11)(H,7,8,10). The van der Waals surface area contributed by atoms with Crippen LogP contribution >= 0.6 is 23.6 Å². The van der Waals surface area contributed by atoms with Crippen molar-refractivity contribution in [3.05, 3.63) is 3.95 Å². The molecule has 6 heteroatoms. The zero-order valence-corrected chi connectivity index (χ0v) is 8.38. The Morgan fingerprint density at radius 1 is 1.75 bits per heavy atom. The lowest BCUT2D eigenvalue weighted by Crippen LogP contribution is -2.17. The summed E-state index contributed by atoms with van der Waals surface area (Å²) in [5.41, 5.74) is 0. The van der Waals surface area contributed by atoms with Crippen LogP contribution in [-0.4, -0.2) is 16.1 Å². The first-order valence-corrected chi connectivity index (χ1v) is 4.68. The Balaban J connectivity index is 2.64. The SMILES string of the molecule is CC(C)C(=O)Nc1n[nH]c(=S)s1. The third-order valence-electron chi connectivity index (χ3n) is 1.19. The number of nitrogens with one attached hydrogen (secondary N) is 2. The van der Waals surface area contributed by atoms with Crippen molar-refractivity contribution >= 4 is 34.6 Å². The van der Waals surface area contributed by atoms with Crippen LogP contribution in [0.25, 0.3) is 0 Å². The smallest absolute Gasteiger partial charge is 0.228 e. The van der Waals surface area contributed by atoms with Crippen molar-refractivity contribution in [2.75, 3.05) is 5.32 Å². The number of carbonyl (C=O) groups excluding carboxylic acids is 1. The zero-order valence-electron chi connectivity index (χ0n) is 6.75. The Morgan fingerprint density at radius 2 is 2.42 bits per heavy atom. The number of hydrogen-bond donors (Lipinski definition) is 2. The van der Waals surface area contributed by atoms with Crippen molar-refractivity contribution in [2.45, 2.75) is 13.8 Å². The molecular formula is C6H9N3OS2. The molecule has 0 aliphatic carbocycles. The molecule has 0 aliphatic heterocycles. The lowest BCUT2D eigenvalue weighted by atomic mass is 10.2. The summed E-state index contributed by atoms with van der Waals surface area (Å²) in [6, 6.07) is 0. The summed E-state index contributed by atoms with van der Waals surface area (Å²) in [5.74, 6) is -0.0878. The van der Waals surface area contributed by atoms with Crippen LogP contribution in [0.15, 0.2) is 0 Å². The molecule has 1 rings (SSSR count). The third-order valence-corrected chi connectivity index (χ3v) is 2.20. The fourth-order valence-electron chi connectivity index (χ4n) is 0.533. The monoisotopic (exact) mass is 203 g/mol. The number of rotatable bonds is 2. The maximum atomic E-state index is 11.1. The van der Waals surface area contributed by atoms with E-state index >= 15 is 0 Å². The van der Waals surface area contributed by atoms with Crippen molar-refractivity contribution in [3.63, 3.8) is 0 Å². The topological polar surface area (TPSA) is 57.8 Å². The average Bonchev–Trinajstić information content (AvgIpc) is 2.35. The molecule has 0 spiro atoms. The van der Waals surface area contributed by atoms with Crippen molar-refractivity contribution in [1.82, 2.24) is 10.2 Å². The first-order valence-electron chi connectivity index (χ1n) is 3.46. The number of hydrogen-bond acceptors (Lipinski definition) is 4. The Bertz CT molecular complexity index is 328. The molecule has 1 aromatic heterocycles. The van der Waals surface area contributed by atoms with Gasteiger partial charge >= 0.3 is 0 Å². The molecule has 1 amide bonds. The molecule has 0 aliphatic rings. The van der Waals surface area contributed by atoms with E-state index in [9.17, 15) is 4.79 Å². The number of aromatic nitrogens is 2. The Kier molecular flexibility index (Phi) is 2.93. The first-order chi connectivity index (χ1) is 5.59. The van der Waals surface area contributed by atoms with Crippen molar-refractivity contribution in [3.8, 4) is 0 Å². The highest BCUT2D eigenvalue weighted by molar-refractivity contribution is 7.73. The van der Waals surface area contributed by atoms with Gasteiger partial charge < -0.3 is 5.32 Å². The molecule has 0 saturated heterocycles. The number of amides is 1. The second-order valence-electron chi connectivity index (χ2n) is 2.56. The second-order valence-corrected chi connectivity index (χ2v) is 4.23. The van der Waals surface area contributed by atoms with Gasteiger partial charge in [-0.3, -0.25) is 9.89 Å². The van der Waals surface area contributed by atoms with Gasteiger partial charge in [0.2, 0.25) is 11.0 Å². The van der Waals surface area contributed by atoms with Gasteiger partial charge in [-0.1, -0.05) is 25.2 Å². The first kappa shape index (κ1) is 9.34. The van der Waals surface area contributed by atoms with Crippen LogP contribution in [0, 0.1) is 9.87 Å². The largest absolute Gasteiger partial charge is 0.300 e. The van der Waals surface area contributed by atoms with Crippen molar-refractivity contribution in [2.24, 2.45) is 5.92 Å². The number of carbonyl (C=O) groups is 1. The highest BCUT2D eigenvalue weighted by atomic mass is 32.1. The van der Waals surface area contributed by atoms with E-state index in [1.165, 1.54) is 11.3 Å². The normalized spacial score (nSPS) is 10.2. The van der Waals surface area contributed by atoms with E-state index < -0.39 is 0 Å². The maximum Gasteiger partial charge on any atom is 0.228 e. The Morgan fingerprint density at radius 3 is 2.83 bits per heavy atom. The summed E-state index contributed by atoms with van der Waals surface area (Å²) in [6.07, 6.45) is 0. The molecule has 0 radical (unpaired) electrons. The fraction of sp³-hybridized carbons (Fsp3) is 0.500. The van der Waals surface area contributed by atoms with Crippen LogP contribution in [0.1, 0.15) is 13.8 Å². The summed E-state index contributed by atoms with van der Waals surface area (Å²) in [6.45, 7) is 3.64. The molecule has 1 aromatic rings. The average molecular weight is 203 g/mol. The van der Waals surface area contributed by atoms with E-state index in [2.05, 4.69) is 15.5 Å². The minimum Gasteiger partial charge on any atom is -0.300 e. The van der Waals surface area contributed by atoms with Gasteiger partial charge in [-0.25, -0.2) is 0 Å². The highest BCUT2D eigenvalue weighted by Gasteiger charge is 2.08. The van der Waals surface area contributed by atoms with Gasteiger partial charge in [-0.05, 0) is 12.2 Å². The highest BCUT2D eigenvalue weighted by Crippen LogP contribution is 2.11. The van der Waals surface area contributed by atoms with Gasteiger partial charge in [0.25, 0.3) is 0 Å². The van der Waals surface area contributed by atoms with Crippen LogP contribution in [0.3, 0.4) is 0 Å². The molecule has 1 heterocycles. The third kappa shape index (κ3) is 2.38. The molecule has 2 N–H and O–H groups in total. The minimum absolute atomic E-state index is 0.0394.